The van der Waals surface area contributed by atoms with Gasteiger partial charge in [-0.1, -0.05) is 0 Å². The Morgan fingerprint density at radius 1 is 1.27 bits per heavy atom. The molecule has 0 fully saturated rings. The van der Waals surface area contributed by atoms with Crippen molar-refractivity contribution in [2.45, 2.75) is 13.3 Å². The van der Waals surface area contributed by atoms with Crippen LogP contribution in [-0.4, -0.2) is 49.9 Å². The normalized spacial score (nSPS) is 8.53. The highest BCUT2D eigenvalue weighted by Gasteiger charge is 2.01. The van der Waals surface area contributed by atoms with Crippen LogP contribution in [0.5, 0.6) is 0 Å². The number of amides is 1. The summed E-state index contributed by atoms with van der Waals surface area (Å²) in [4.78, 5) is 39.5. The largest absolute Gasteiger partial charge is 0.373 e. The van der Waals surface area contributed by atoms with Crippen LogP contribution in [0.15, 0.2) is 0 Å². The minimum Gasteiger partial charge on any atom is -0.355 e. The van der Waals surface area contributed by atoms with E-state index in [1.807, 2.05) is 14.1 Å². The van der Waals surface area contributed by atoms with Gasteiger partial charge in [-0.15, -0.1) is 0 Å². The van der Waals surface area contributed by atoms with Gasteiger partial charge in [0.1, 0.15) is 5.78 Å². The lowest BCUT2D eigenvalue weighted by Gasteiger charge is -2.08. The third-order valence-electron chi connectivity index (χ3n) is 1.26. The summed E-state index contributed by atoms with van der Waals surface area (Å²) in [6.45, 7) is 2.33. The van der Waals surface area contributed by atoms with Crippen LogP contribution in [0, 0.1) is 0 Å². The van der Waals surface area contributed by atoms with Gasteiger partial charge in [-0.3, -0.25) is 9.59 Å². The molecule has 0 bridgehead atoms. The van der Waals surface area contributed by atoms with Gasteiger partial charge in [0.25, 0.3) is 0 Å². The Kier molecular flexibility index (Phi) is 11.2. The van der Waals surface area contributed by atoms with Crippen LogP contribution in [0.3, 0.4) is 0 Å². The molecule has 0 radical (unpaired) electrons. The van der Waals surface area contributed by atoms with Crippen molar-refractivity contribution in [1.29, 1.82) is 0 Å². The summed E-state index contributed by atoms with van der Waals surface area (Å²) in [5, 5.41) is 2.64. The van der Waals surface area contributed by atoms with Gasteiger partial charge >= 0.3 is 6.15 Å². The number of rotatable bonds is 5. The van der Waals surface area contributed by atoms with Crippen LogP contribution >= 0.6 is 0 Å². The van der Waals surface area contributed by atoms with E-state index in [0.29, 0.717) is 19.5 Å². The first kappa shape index (κ1) is 15.9. The second kappa shape index (κ2) is 10.6. The van der Waals surface area contributed by atoms with Crippen LogP contribution in [0.1, 0.15) is 13.3 Å². The average molecular weight is 216 g/mol. The second-order valence-corrected chi connectivity index (χ2v) is 3.12. The average Bonchev–Trinajstić information content (AvgIpc) is 2.02. The van der Waals surface area contributed by atoms with E-state index in [9.17, 15) is 9.59 Å². The van der Waals surface area contributed by atoms with E-state index in [1.54, 1.807) is 4.90 Å². The molecule has 6 nitrogen and oxygen atoms in total. The van der Waals surface area contributed by atoms with E-state index >= 15 is 0 Å². The Balaban J connectivity index is 0. The van der Waals surface area contributed by atoms with Crippen molar-refractivity contribution in [3.63, 3.8) is 0 Å². The summed E-state index contributed by atoms with van der Waals surface area (Å²) in [5.74, 6) is 0.0569. The number of hydrogen-bond donors (Lipinski definition) is 1. The zero-order valence-electron chi connectivity index (χ0n) is 9.20. The van der Waals surface area contributed by atoms with Crippen molar-refractivity contribution < 1.29 is 19.2 Å². The van der Waals surface area contributed by atoms with Crippen molar-refractivity contribution in [1.82, 2.24) is 10.2 Å². The van der Waals surface area contributed by atoms with E-state index in [-0.39, 0.29) is 17.8 Å². The number of hydrogen-bond acceptors (Lipinski definition) is 5. The third-order valence-corrected chi connectivity index (χ3v) is 1.26. The number of Topliss-reactive ketones (excluding diaryl/α,β-unsaturated/α-hetero) is 1. The zero-order valence-corrected chi connectivity index (χ0v) is 9.20. The second-order valence-electron chi connectivity index (χ2n) is 3.12. The lowest BCUT2D eigenvalue weighted by Crippen LogP contribution is -2.34. The van der Waals surface area contributed by atoms with Crippen molar-refractivity contribution in [3.8, 4) is 0 Å². The van der Waals surface area contributed by atoms with Crippen LogP contribution < -0.4 is 5.32 Å². The Bertz CT molecular complexity index is 232. The predicted octanol–water partition coefficient (Wildman–Crippen LogP) is -0.940. The van der Waals surface area contributed by atoms with E-state index in [0.717, 1.165) is 0 Å². The molecule has 15 heavy (non-hydrogen) atoms. The molecule has 0 rings (SSSR count). The first-order chi connectivity index (χ1) is 6.93. The molecule has 0 aliphatic heterocycles. The molecule has 0 aromatic heterocycles. The molecule has 0 aromatic rings. The molecule has 1 N–H and O–H groups in total. The Labute approximate surface area is 88.6 Å². The minimum absolute atomic E-state index is 0.0405. The Morgan fingerprint density at radius 2 is 1.73 bits per heavy atom. The van der Waals surface area contributed by atoms with Crippen LogP contribution in [0.2, 0.25) is 0 Å². The zero-order chi connectivity index (χ0) is 12.3. The van der Waals surface area contributed by atoms with Crippen molar-refractivity contribution in [2.75, 3.05) is 27.2 Å². The molecule has 0 aliphatic carbocycles. The standard InChI is InChI=1S/C8H16N2O2.CO2/c1-7(11)4-5-9-8(12)6-10(2)3;2-1-3/h4-6H2,1-3H3,(H,9,12);. The monoisotopic (exact) mass is 216 g/mol. The van der Waals surface area contributed by atoms with Gasteiger partial charge in [0.05, 0.1) is 6.54 Å². The first-order valence-electron chi connectivity index (χ1n) is 4.34. The number of ketones is 1. The van der Waals surface area contributed by atoms with Gasteiger partial charge in [-0.25, -0.2) is 0 Å². The Morgan fingerprint density at radius 3 is 2.07 bits per heavy atom. The molecule has 0 saturated heterocycles. The van der Waals surface area contributed by atoms with Crippen LogP contribution in [0.25, 0.3) is 0 Å². The van der Waals surface area contributed by atoms with E-state index < -0.39 is 0 Å². The topological polar surface area (TPSA) is 83.6 Å². The maximum absolute atomic E-state index is 11.0. The summed E-state index contributed by atoms with van der Waals surface area (Å²) in [6, 6.07) is 0. The molecule has 6 heteroatoms. The predicted molar refractivity (Wildman–Crippen MR) is 51.9 cm³/mol. The van der Waals surface area contributed by atoms with Gasteiger partial charge in [-0.05, 0) is 21.0 Å². The van der Waals surface area contributed by atoms with E-state index in [2.05, 4.69) is 5.32 Å². The maximum atomic E-state index is 11.0. The van der Waals surface area contributed by atoms with Gasteiger partial charge in [-0.2, -0.15) is 9.59 Å². The molecule has 0 spiro atoms. The highest BCUT2D eigenvalue weighted by molar-refractivity contribution is 5.79. The smallest absolute Gasteiger partial charge is 0.355 e. The summed E-state index contributed by atoms with van der Waals surface area (Å²) in [6.07, 6.45) is 0.666. The van der Waals surface area contributed by atoms with E-state index in [1.165, 1.54) is 6.92 Å². The number of nitrogens with one attached hydrogen (secondary N) is 1. The highest BCUT2D eigenvalue weighted by Crippen LogP contribution is 1.79. The summed E-state index contributed by atoms with van der Waals surface area (Å²) < 4.78 is 0. The molecule has 0 aromatic carbocycles. The minimum atomic E-state index is -0.0405. The summed E-state index contributed by atoms with van der Waals surface area (Å²) >= 11 is 0. The lowest BCUT2D eigenvalue weighted by molar-refractivity contribution is -0.191. The molecule has 0 saturated carbocycles. The molecule has 1 amide bonds. The number of carbonyl (C=O) groups excluding carboxylic acids is 4. The maximum Gasteiger partial charge on any atom is 0.373 e. The first-order valence-corrected chi connectivity index (χ1v) is 4.34. The van der Waals surface area contributed by atoms with Crippen molar-refractivity contribution >= 4 is 17.8 Å². The molecule has 0 heterocycles. The fraction of sp³-hybridized carbons (Fsp3) is 0.667. The van der Waals surface area contributed by atoms with Gasteiger partial charge < -0.3 is 10.2 Å². The van der Waals surface area contributed by atoms with Crippen LogP contribution in [0.4, 0.5) is 0 Å². The van der Waals surface area contributed by atoms with Crippen molar-refractivity contribution in [2.24, 2.45) is 0 Å². The quantitative estimate of drug-likeness (QED) is 0.641. The molecule has 0 aliphatic rings. The third kappa shape index (κ3) is 19.1. The highest BCUT2D eigenvalue weighted by atomic mass is 16.2. The molecular weight excluding hydrogens is 200 g/mol. The SMILES string of the molecule is CC(=O)CCNC(=O)CN(C)C.O=C=O. The summed E-state index contributed by atoms with van der Waals surface area (Å²) in [7, 11) is 3.65. The van der Waals surface area contributed by atoms with Gasteiger partial charge in [0.15, 0.2) is 0 Å². The molecule has 0 unspecified atom stereocenters. The Hall–Kier alpha value is -1.52. The van der Waals surface area contributed by atoms with Gasteiger partial charge in [0, 0.05) is 13.0 Å². The molecule has 0 atom stereocenters. The number of carbonyl (C=O) groups is 2. The molecular formula is C9H16N2O4. The number of nitrogens with zero attached hydrogens (tertiary/aromatic N) is 1. The fourth-order valence-electron chi connectivity index (χ4n) is 0.721. The van der Waals surface area contributed by atoms with E-state index in [4.69, 9.17) is 9.59 Å². The molecule has 86 valence electrons. The fourth-order valence-corrected chi connectivity index (χ4v) is 0.721. The van der Waals surface area contributed by atoms with Crippen LogP contribution in [-0.2, 0) is 19.2 Å². The van der Waals surface area contributed by atoms with Crippen molar-refractivity contribution in [3.05, 3.63) is 0 Å². The lowest BCUT2D eigenvalue weighted by atomic mass is 10.3. The summed E-state index contributed by atoms with van der Waals surface area (Å²) in [5.41, 5.74) is 0. The number of likely N-dealkylation sites (N-methyl/N-ethyl adjacent to an activating group) is 1. The van der Waals surface area contributed by atoms with Gasteiger partial charge in [0.2, 0.25) is 5.91 Å².